The summed E-state index contributed by atoms with van der Waals surface area (Å²) in [6, 6.07) is 30.7. The van der Waals surface area contributed by atoms with Crippen molar-refractivity contribution in [2.45, 2.75) is 62.9 Å². The van der Waals surface area contributed by atoms with Gasteiger partial charge in [-0.2, -0.15) is 0 Å². The monoisotopic (exact) mass is 600 g/mol. The molecule has 3 aromatic rings. The molecule has 2 fully saturated rings. The van der Waals surface area contributed by atoms with Gasteiger partial charge in [-0.05, 0) is 16.7 Å². The molecular weight excluding hydrogens is 567 g/mol. The first-order valence-corrected chi connectivity index (χ1v) is 14.1. The largest absolute Gasteiger partial charge is 0.374 e. The Bertz CT molecular complexity index is 1030. The highest BCUT2D eigenvalue weighted by atomic mass is 127. The number of fused-ring (bicyclic) bond motifs is 1. The molecule has 0 spiro atoms. The lowest BCUT2D eigenvalue weighted by Crippen LogP contribution is -2.59. The van der Waals surface area contributed by atoms with Gasteiger partial charge in [0.1, 0.15) is 24.4 Å². The maximum Gasteiger partial charge on any atom is 0.115 e. The van der Waals surface area contributed by atoms with Gasteiger partial charge in [-0.15, -0.1) is 0 Å². The molecule has 0 saturated carbocycles. The number of benzene rings is 3. The maximum absolute atomic E-state index is 6.61. The van der Waals surface area contributed by atoms with Crippen molar-refractivity contribution in [2.75, 3.05) is 11.0 Å². The van der Waals surface area contributed by atoms with E-state index in [0.29, 0.717) is 26.4 Å². The average molecular weight is 600 g/mol. The van der Waals surface area contributed by atoms with Crippen LogP contribution in [0.2, 0.25) is 0 Å². The minimum atomic E-state index is -0.320. The second-order valence-electron chi connectivity index (χ2n) is 9.35. The van der Waals surface area contributed by atoms with Crippen molar-refractivity contribution in [3.05, 3.63) is 108 Å². The molecule has 190 valence electrons. The first-order valence-electron chi connectivity index (χ1n) is 12.6. The predicted molar refractivity (Wildman–Crippen MR) is 147 cm³/mol. The standard InChI is InChI=1S/C30H33IO5/c31-17-25-16-26-29(35-25)30(34-20-24-14-8-3-9-15-24)28(33-19-23-12-6-2-7-13-23)27(36-26)21-32-18-22-10-4-1-5-11-22/h1-15,25-30H,16-21H2/t25?,26-,27-,28-,29+,30+/m1/s1. The highest BCUT2D eigenvalue weighted by molar-refractivity contribution is 14.1. The Hall–Kier alpha value is -1.81. The van der Waals surface area contributed by atoms with Crippen LogP contribution in [-0.2, 0) is 43.5 Å². The first-order chi connectivity index (χ1) is 17.8. The molecule has 0 bridgehead atoms. The number of hydrogen-bond donors (Lipinski definition) is 0. The van der Waals surface area contributed by atoms with Crippen LogP contribution in [0, 0.1) is 0 Å². The lowest BCUT2D eigenvalue weighted by Gasteiger charge is -2.43. The maximum atomic E-state index is 6.61. The van der Waals surface area contributed by atoms with E-state index < -0.39 is 0 Å². The molecule has 0 amide bonds. The molecule has 3 aromatic carbocycles. The Morgan fingerprint density at radius 1 is 0.667 bits per heavy atom. The number of hydrogen-bond acceptors (Lipinski definition) is 5. The van der Waals surface area contributed by atoms with Crippen LogP contribution < -0.4 is 0 Å². The molecule has 2 aliphatic rings. The minimum absolute atomic E-state index is 0.0348. The normalized spacial score (nSPS) is 27.6. The molecule has 0 N–H and O–H groups in total. The van der Waals surface area contributed by atoms with E-state index in [2.05, 4.69) is 59.0 Å². The summed E-state index contributed by atoms with van der Waals surface area (Å²) >= 11 is 2.39. The average Bonchev–Trinajstić information content (AvgIpc) is 3.35. The minimum Gasteiger partial charge on any atom is -0.374 e. The third-order valence-corrected chi connectivity index (χ3v) is 7.69. The molecule has 1 unspecified atom stereocenters. The lowest BCUT2D eigenvalue weighted by atomic mass is 9.94. The smallest absolute Gasteiger partial charge is 0.115 e. The highest BCUT2D eigenvalue weighted by Crippen LogP contribution is 2.37. The van der Waals surface area contributed by atoms with Crippen LogP contribution in [0.25, 0.3) is 0 Å². The number of alkyl halides is 1. The van der Waals surface area contributed by atoms with Crippen LogP contribution >= 0.6 is 22.6 Å². The van der Waals surface area contributed by atoms with E-state index >= 15 is 0 Å². The molecule has 5 rings (SSSR count). The number of halogens is 1. The SMILES string of the molecule is ICC1C[C@H]2O[C@H](COCc3ccccc3)[C@@H](OCc3ccccc3)[C@H](OCc3ccccc3)[C@H]2O1. The van der Waals surface area contributed by atoms with Crippen molar-refractivity contribution in [3.63, 3.8) is 0 Å². The van der Waals surface area contributed by atoms with Gasteiger partial charge < -0.3 is 23.7 Å². The van der Waals surface area contributed by atoms with Crippen LogP contribution in [0.4, 0.5) is 0 Å². The third-order valence-electron chi connectivity index (χ3n) is 6.71. The Morgan fingerprint density at radius 2 is 1.19 bits per heavy atom. The summed E-state index contributed by atoms with van der Waals surface area (Å²) in [6.45, 7) is 1.93. The molecule has 0 aliphatic carbocycles. The van der Waals surface area contributed by atoms with Crippen molar-refractivity contribution < 1.29 is 23.7 Å². The molecule has 6 heteroatoms. The van der Waals surface area contributed by atoms with Crippen molar-refractivity contribution in [2.24, 2.45) is 0 Å². The predicted octanol–water partition coefficient (Wildman–Crippen LogP) is 5.73. The topological polar surface area (TPSA) is 46.2 Å². The van der Waals surface area contributed by atoms with E-state index in [0.717, 1.165) is 27.5 Å². The molecule has 5 nitrogen and oxygen atoms in total. The van der Waals surface area contributed by atoms with Gasteiger partial charge in [0.05, 0.1) is 38.6 Å². The van der Waals surface area contributed by atoms with Crippen molar-refractivity contribution in [1.29, 1.82) is 0 Å². The van der Waals surface area contributed by atoms with E-state index in [1.807, 2.05) is 54.6 Å². The summed E-state index contributed by atoms with van der Waals surface area (Å²) in [5.74, 6) is 0. The third kappa shape index (κ3) is 6.73. The summed E-state index contributed by atoms with van der Waals surface area (Å²) in [5.41, 5.74) is 3.38. The fourth-order valence-corrected chi connectivity index (χ4v) is 5.47. The quantitative estimate of drug-likeness (QED) is 0.208. The van der Waals surface area contributed by atoms with E-state index in [-0.39, 0.29) is 36.6 Å². The van der Waals surface area contributed by atoms with Crippen LogP contribution in [0.1, 0.15) is 23.1 Å². The molecule has 2 aliphatic heterocycles. The summed E-state index contributed by atoms with van der Waals surface area (Å²) in [4.78, 5) is 0. The van der Waals surface area contributed by atoms with E-state index in [1.54, 1.807) is 0 Å². The van der Waals surface area contributed by atoms with Gasteiger partial charge in [-0.3, -0.25) is 0 Å². The Morgan fingerprint density at radius 3 is 1.75 bits per heavy atom. The molecule has 0 radical (unpaired) electrons. The molecule has 36 heavy (non-hydrogen) atoms. The van der Waals surface area contributed by atoms with Crippen molar-refractivity contribution in [1.82, 2.24) is 0 Å². The molecule has 2 heterocycles. The Balaban J connectivity index is 1.34. The second kappa shape index (κ2) is 13.1. The van der Waals surface area contributed by atoms with Gasteiger partial charge in [0, 0.05) is 10.8 Å². The number of rotatable bonds is 11. The van der Waals surface area contributed by atoms with Crippen LogP contribution in [-0.4, -0.2) is 47.7 Å². The zero-order chi connectivity index (χ0) is 24.6. The summed E-state index contributed by atoms with van der Waals surface area (Å²) in [6.07, 6.45) is -0.0190. The molecule has 6 atom stereocenters. The van der Waals surface area contributed by atoms with E-state index in [9.17, 15) is 0 Å². The fraction of sp³-hybridized carbons (Fsp3) is 0.400. The zero-order valence-electron chi connectivity index (χ0n) is 20.3. The van der Waals surface area contributed by atoms with Gasteiger partial charge in [0.15, 0.2) is 0 Å². The molecule has 0 aromatic heterocycles. The van der Waals surface area contributed by atoms with Crippen molar-refractivity contribution in [3.8, 4) is 0 Å². The molecule has 2 saturated heterocycles. The second-order valence-corrected chi connectivity index (χ2v) is 10.2. The first kappa shape index (κ1) is 25.8. The summed E-state index contributed by atoms with van der Waals surface area (Å²) in [5, 5.41) is 0. The van der Waals surface area contributed by atoms with Crippen molar-refractivity contribution >= 4 is 22.6 Å². The summed E-state index contributed by atoms with van der Waals surface area (Å²) < 4.78 is 33.3. The Labute approximate surface area is 227 Å². The van der Waals surface area contributed by atoms with E-state index in [1.165, 1.54) is 0 Å². The van der Waals surface area contributed by atoms with Gasteiger partial charge in [-0.1, -0.05) is 114 Å². The Kier molecular flexibility index (Phi) is 9.41. The van der Waals surface area contributed by atoms with Gasteiger partial charge in [0.25, 0.3) is 0 Å². The highest BCUT2D eigenvalue weighted by Gasteiger charge is 2.52. The van der Waals surface area contributed by atoms with Gasteiger partial charge >= 0.3 is 0 Å². The van der Waals surface area contributed by atoms with Crippen LogP contribution in [0.5, 0.6) is 0 Å². The lowest BCUT2D eigenvalue weighted by molar-refractivity contribution is -0.251. The van der Waals surface area contributed by atoms with Gasteiger partial charge in [-0.25, -0.2) is 0 Å². The van der Waals surface area contributed by atoms with E-state index in [4.69, 9.17) is 23.7 Å². The summed E-state index contributed by atoms with van der Waals surface area (Å²) in [7, 11) is 0. The number of ether oxygens (including phenoxy) is 5. The van der Waals surface area contributed by atoms with Crippen LogP contribution in [0.15, 0.2) is 91.0 Å². The van der Waals surface area contributed by atoms with Crippen LogP contribution in [0.3, 0.4) is 0 Å². The molecular formula is C30H33IO5. The van der Waals surface area contributed by atoms with Gasteiger partial charge in [0.2, 0.25) is 0 Å². The zero-order valence-corrected chi connectivity index (χ0v) is 22.4. The fourth-order valence-electron chi connectivity index (χ4n) is 4.91.